The molecule has 0 aromatic heterocycles. The summed E-state index contributed by atoms with van der Waals surface area (Å²) in [5.41, 5.74) is 2.08. The first-order valence-corrected chi connectivity index (χ1v) is 10.7. The van der Waals surface area contributed by atoms with E-state index in [1.54, 1.807) is 24.3 Å². The highest BCUT2D eigenvalue weighted by molar-refractivity contribution is 6.26. The molecule has 4 N–H and O–H groups in total. The standard InChI is InChI=1S/C25H27N5O4/c1-17(31)29-23(13-18-5-3-2-4-6-18)25(34)30-22(12-11-21(32)15-27)24(33)28-16-20-9-7-19(14-26)8-10-20/h2-10,15,22-23,27H,11-13,16H2,1H3,(H,28,33)(H,29,31)(H,30,34)/t22-,23-/m0/s1. The third kappa shape index (κ3) is 8.67. The lowest BCUT2D eigenvalue weighted by atomic mass is 10.0. The van der Waals surface area contributed by atoms with Crippen LogP contribution in [0.5, 0.6) is 0 Å². The van der Waals surface area contributed by atoms with Crippen LogP contribution < -0.4 is 16.0 Å². The lowest BCUT2D eigenvalue weighted by molar-refractivity contribution is -0.132. The number of rotatable bonds is 12. The van der Waals surface area contributed by atoms with Crippen molar-refractivity contribution in [2.75, 3.05) is 0 Å². The maximum atomic E-state index is 13.0. The minimum Gasteiger partial charge on any atom is -0.350 e. The Labute approximate surface area is 198 Å². The van der Waals surface area contributed by atoms with Gasteiger partial charge in [-0.3, -0.25) is 19.2 Å². The summed E-state index contributed by atoms with van der Waals surface area (Å²) < 4.78 is 0. The maximum Gasteiger partial charge on any atom is 0.243 e. The van der Waals surface area contributed by atoms with Gasteiger partial charge in [-0.1, -0.05) is 42.5 Å². The number of benzene rings is 2. The van der Waals surface area contributed by atoms with E-state index in [1.165, 1.54) is 6.92 Å². The number of ketones is 1. The van der Waals surface area contributed by atoms with E-state index in [4.69, 9.17) is 10.7 Å². The predicted octanol–water partition coefficient (Wildman–Crippen LogP) is 1.41. The average molecular weight is 462 g/mol. The molecule has 0 heterocycles. The molecule has 0 unspecified atom stereocenters. The van der Waals surface area contributed by atoms with Gasteiger partial charge in [0.15, 0.2) is 5.78 Å². The van der Waals surface area contributed by atoms with Crippen molar-refractivity contribution in [3.63, 3.8) is 0 Å². The van der Waals surface area contributed by atoms with Crippen LogP contribution in [0.4, 0.5) is 0 Å². The van der Waals surface area contributed by atoms with Gasteiger partial charge in [0, 0.05) is 26.3 Å². The molecule has 0 saturated carbocycles. The molecule has 0 spiro atoms. The van der Waals surface area contributed by atoms with Crippen molar-refractivity contribution in [3.05, 3.63) is 71.3 Å². The van der Waals surface area contributed by atoms with Gasteiger partial charge in [0.05, 0.1) is 17.8 Å². The lowest BCUT2D eigenvalue weighted by Crippen LogP contribution is -2.54. The molecule has 0 bridgehead atoms. The lowest BCUT2D eigenvalue weighted by Gasteiger charge is -2.23. The van der Waals surface area contributed by atoms with Gasteiger partial charge in [0.1, 0.15) is 12.1 Å². The highest BCUT2D eigenvalue weighted by atomic mass is 16.2. The van der Waals surface area contributed by atoms with E-state index >= 15 is 0 Å². The summed E-state index contributed by atoms with van der Waals surface area (Å²) in [4.78, 5) is 49.1. The zero-order valence-corrected chi connectivity index (χ0v) is 18.8. The molecule has 9 heteroatoms. The molecule has 2 aromatic rings. The molecular weight excluding hydrogens is 434 g/mol. The second-order valence-corrected chi connectivity index (χ2v) is 7.68. The molecule has 0 saturated heterocycles. The van der Waals surface area contributed by atoms with E-state index in [0.29, 0.717) is 11.8 Å². The van der Waals surface area contributed by atoms with E-state index in [0.717, 1.165) is 11.1 Å². The Morgan fingerprint density at radius 1 is 0.941 bits per heavy atom. The summed E-state index contributed by atoms with van der Waals surface area (Å²) in [5.74, 6) is -1.92. The second kappa shape index (κ2) is 13.3. The van der Waals surface area contributed by atoms with E-state index in [9.17, 15) is 19.2 Å². The van der Waals surface area contributed by atoms with E-state index in [-0.39, 0.29) is 25.8 Å². The molecule has 34 heavy (non-hydrogen) atoms. The van der Waals surface area contributed by atoms with Crippen molar-refractivity contribution >= 4 is 29.7 Å². The van der Waals surface area contributed by atoms with Gasteiger partial charge in [-0.25, -0.2) is 0 Å². The number of carbonyl (C=O) groups is 4. The minimum absolute atomic E-state index is 0.00269. The van der Waals surface area contributed by atoms with Crippen molar-refractivity contribution < 1.29 is 19.2 Å². The molecule has 2 aromatic carbocycles. The van der Waals surface area contributed by atoms with E-state index < -0.39 is 35.6 Å². The molecule has 176 valence electrons. The molecule has 3 amide bonds. The van der Waals surface area contributed by atoms with Crippen LogP contribution in [0.25, 0.3) is 0 Å². The molecule has 0 aliphatic heterocycles. The third-order valence-corrected chi connectivity index (χ3v) is 5.00. The van der Waals surface area contributed by atoms with Crippen molar-refractivity contribution in [3.8, 4) is 6.07 Å². The van der Waals surface area contributed by atoms with Crippen LogP contribution in [-0.2, 0) is 32.1 Å². The molecular formula is C25H27N5O4. The second-order valence-electron chi connectivity index (χ2n) is 7.68. The Hall–Kier alpha value is -4.32. The smallest absolute Gasteiger partial charge is 0.243 e. The van der Waals surface area contributed by atoms with Crippen LogP contribution in [0, 0.1) is 16.7 Å². The number of hydrogen-bond acceptors (Lipinski definition) is 6. The monoisotopic (exact) mass is 461 g/mol. The summed E-state index contributed by atoms with van der Waals surface area (Å²) >= 11 is 0. The first-order valence-electron chi connectivity index (χ1n) is 10.7. The normalized spacial score (nSPS) is 11.9. The first kappa shape index (κ1) is 25.9. The van der Waals surface area contributed by atoms with Crippen LogP contribution in [0.2, 0.25) is 0 Å². The number of amides is 3. The molecule has 0 aliphatic carbocycles. The molecule has 0 radical (unpaired) electrons. The topological polar surface area (TPSA) is 152 Å². The summed E-state index contributed by atoms with van der Waals surface area (Å²) in [7, 11) is 0. The fourth-order valence-electron chi connectivity index (χ4n) is 3.21. The summed E-state index contributed by atoms with van der Waals surface area (Å²) in [6, 6.07) is 15.9. The summed E-state index contributed by atoms with van der Waals surface area (Å²) in [5, 5.41) is 23.9. The van der Waals surface area contributed by atoms with Crippen LogP contribution in [0.1, 0.15) is 36.5 Å². The minimum atomic E-state index is -1.04. The van der Waals surface area contributed by atoms with Crippen LogP contribution in [0.15, 0.2) is 54.6 Å². The number of nitriles is 1. The SMILES string of the molecule is CC(=O)N[C@@H](Cc1ccccc1)C(=O)N[C@@H](CCC(=O)C=N)C(=O)NCc1ccc(C#N)cc1. The number of carbonyl (C=O) groups excluding carboxylic acids is 4. The summed E-state index contributed by atoms with van der Waals surface area (Å²) in [6.07, 6.45) is 0.799. The van der Waals surface area contributed by atoms with Crippen molar-refractivity contribution in [2.45, 2.75) is 44.8 Å². The van der Waals surface area contributed by atoms with Gasteiger partial charge < -0.3 is 21.4 Å². The molecule has 0 fully saturated rings. The van der Waals surface area contributed by atoms with Gasteiger partial charge in [0.25, 0.3) is 0 Å². The number of nitrogens with zero attached hydrogens (tertiary/aromatic N) is 1. The average Bonchev–Trinajstić information content (AvgIpc) is 2.84. The summed E-state index contributed by atoms with van der Waals surface area (Å²) in [6.45, 7) is 1.46. The van der Waals surface area contributed by atoms with Crippen LogP contribution in [0.3, 0.4) is 0 Å². The Morgan fingerprint density at radius 2 is 1.62 bits per heavy atom. The van der Waals surface area contributed by atoms with Crippen molar-refractivity contribution in [1.82, 2.24) is 16.0 Å². The van der Waals surface area contributed by atoms with Crippen LogP contribution >= 0.6 is 0 Å². The molecule has 9 nitrogen and oxygen atoms in total. The quantitative estimate of drug-likeness (QED) is 0.352. The fourth-order valence-corrected chi connectivity index (χ4v) is 3.21. The van der Waals surface area contributed by atoms with E-state index in [1.807, 2.05) is 36.4 Å². The highest BCUT2D eigenvalue weighted by Crippen LogP contribution is 2.07. The van der Waals surface area contributed by atoms with Crippen molar-refractivity contribution in [1.29, 1.82) is 10.7 Å². The number of nitrogens with one attached hydrogen (secondary N) is 4. The number of hydrogen-bond donors (Lipinski definition) is 4. The van der Waals surface area contributed by atoms with Gasteiger partial charge in [-0.15, -0.1) is 0 Å². The Morgan fingerprint density at radius 3 is 2.21 bits per heavy atom. The zero-order valence-electron chi connectivity index (χ0n) is 18.8. The molecule has 0 aliphatic rings. The Kier molecular flexibility index (Phi) is 10.1. The fraction of sp³-hybridized carbons (Fsp3) is 0.280. The number of Topliss-reactive ketones (excluding diaryl/α,β-unsaturated/α-hetero) is 1. The maximum absolute atomic E-state index is 13.0. The Bertz CT molecular complexity index is 1060. The first-order chi connectivity index (χ1) is 16.3. The zero-order chi connectivity index (χ0) is 24.9. The molecule has 2 atom stereocenters. The van der Waals surface area contributed by atoms with Gasteiger partial charge >= 0.3 is 0 Å². The Balaban J connectivity index is 2.11. The molecule has 2 rings (SSSR count). The highest BCUT2D eigenvalue weighted by Gasteiger charge is 2.26. The van der Waals surface area contributed by atoms with Gasteiger partial charge in [0.2, 0.25) is 17.7 Å². The predicted molar refractivity (Wildman–Crippen MR) is 126 cm³/mol. The van der Waals surface area contributed by atoms with Crippen molar-refractivity contribution in [2.24, 2.45) is 0 Å². The van der Waals surface area contributed by atoms with Gasteiger partial charge in [-0.2, -0.15) is 5.26 Å². The van der Waals surface area contributed by atoms with E-state index in [2.05, 4.69) is 16.0 Å². The third-order valence-electron chi connectivity index (χ3n) is 5.00. The van der Waals surface area contributed by atoms with Crippen LogP contribution in [-0.4, -0.2) is 41.8 Å². The van der Waals surface area contributed by atoms with Gasteiger partial charge in [-0.05, 0) is 29.7 Å². The largest absolute Gasteiger partial charge is 0.350 e.